The van der Waals surface area contributed by atoms with Crippen LogP contribution >= 0.6 is 22.9 Å². The quantitative estimate of drug-likeness (QED) is 0.682. The number of fused-ring (bicyclic) bond motifs is 1. The van der Waals surface area contributed by atoms with Gasteiger partial charge in [0, 0.05) is 22.9 Å². The van der Waals surface area contributed by atoms with Crippen molar-refractivity contribution in [3.05, 3.63) is 75.4 Å². The topological polar surface area (TPSA) is 66.5 Å². The smallest absolute Gasteiger partial charge is 0.268 e. The number of rotatable bonds is 4. The molecule has 2 aromatic carbocycles. The third kappa shape index (κ3) is 3.58. The van der Waals surface area contributed by atoms with E-state index in [2.05, 4.69) is 4.72 Å². The standard InChI is InChI=1S/C19H15ClN2O3S2/c20-14-3-1-4-16(12-14)27(24,25)21-15-6-7-17-13(11-15)8-9-22(17)19(23)18-5-2-10-26-18/h1-7,10-12,21H,8-9H2. The van der Waals surface area contributed by atoms with Crippen LogP contribution in [0.25, 0.3) is 0 Å². The molecule has 0 spiro atoms. The van der Waals surface area contributed by atoms with E-state index in [0.717, 1.165) is 11.3 Å². The van der Waals surface area contributed by atoms with Gasteiger partial charge in [0.15, 0.2) is 0 Å². The van der Waals surface area contributed by atoms with Gasteiger partial charge in [0.1, 0.15) is 0 Å². The lowest BCUT2D eigenvalue weighted by molar-refractivity contribution is 0.0993. The van der Waals surface area contributed by atoms with Crippen LogP contribution in [0, 0.1) is 0 Å². The summed E-state index contributed by atoms with van der Waals surface area (Å²) >= 11 is 7.30. The van der Waals surface area contributed by atoms with Gasteiger partial charge in [0.2, 0.25) is 0 Å². The van der Waals surface area contributed by atoms with Crippen LogP contribution < -0.4 is 9.62 Å². The van der Waals surface area contributed by atoms with E-state index < -0.39 is 10.0 Å². The van der Waals surface area contributed by atoms with E-state index in [1.807, 2.05) is 11.4 Å². The van der Waals surface area contributed by atoms with Crippen LogP contribution in [0.3, 0.4) is 0 Å². The molecule has 1 aliphatic heterocycles. The first-order valence-corrected chi connectivity index (χ1v) is 10.9. The number of benzene rings is 2. The van der Waals surface area contributed by atoms with Crippen molar-refractivity contribution in [2.75, 3.05) is 16.2 Å². The number of carbonyl (C=O) groups excluding carboxylic acids is 1. The second kappa shape index (κ2) is 6.99. The monoisotopic (exact) mass is 418 g/mol. The molecule has 2 heterocycles. The van der Waals surface area contributed by atoms with Crippen LogP contribution in [0.1, 0.15) is 15.2 Å². The Labute approximate surface area is 166 Å². The maximum atomic E-state index is 12.6. The van der Waals surface area contributed by atoms with Gasteiger partial charge in [-0.05, 0) is 59.8 Å². The lowest BCUT2D eigenvalue weighted by Gasteiger charge is -2.17. The van der Waals surface area contributed by atoms with Gasteiger partial charge in [-0.3, -0.25) is 9.52 Å². The second-order valence-electron chi connectivity index (χ2n) is 6.09. The highest BCUT2D eigenvalue weighted by atomic mass is 35.5. The summed E-state index contributed by atoms with van der Waals surface area (Å²) in [5.74, 6) is -0.0315. The van der Waals surface area contributed by atoms with Crippen molar-refractivity contribution >= 4 is 50.2 Å². The molecule has 0 saturated heterocycles. The van der Waals surface area contributed by atoms with Crippen LogP contribution in [0.2, 0.25) is 5.02 Å². The summed E-state index contributed by atoms with van der Waals surface area (Å²) in [5, 5.41) is 2.23. The zero-order chi connectivity index (χ0) is 19.0. The highest BCUT2D eigenvalue weighted by Gasteiger charge is 2.26. The molecular formula is C19H15ClN2O3S2. The van der Waals surface area contributed by atoms with Crippen molar-refractivity contribution in [3.8, 4) is 0 Å². The molecule has 27 heavy (non-hydrogen) atoms. The Morgan fingerprint density at radius 2 is 1.96 bits per heavy atom. The minimum Gasteiger partial charge on any atom is -0.307 e. The van der Waals surface area contributed by atoms with E-state index >= 15 is 0 Å². The number of nitrogens with one attached hydrogen (secondary N) is 1. The predicted molar refractivity (Wildman–Crippen MR) is 108 cm³/mol. The summed E-state index contributed by atoms with van der Waals surface area (Å²) in [5.41, 5.74) is 2.21. The molecule has 5 nitrogen and oxygen atoms in total. The zero-order valence-electron chi connectivity index (χ0n) is 14.1. The van der Waals surface area contributed by atoms with Gasteiger partial charge < -0.3 is 4.90 Å². The Morgan fingerprint density at radius 3 is 2.70 bits per heavy atom. The summed E-state index contributed by atoms with van der Waals surface area (Å²) in [6, 6.07) is 15.0. The van der Waals surface area contributed by atoms with Crippen molar-refractivity contribution in [2.45, 2.75) is 11.3 Å². The molecule has 138 valence electrons. The highest BCUT2D eigenvalue weighted by molar-refractivity contribution is 7.92. The molecule has 1 aliphatic rings. The molecule has 0 saturated carbocycles. The van der Waals surface area contributed by atoms with Crippen molar-refractivity contribution in [1.29, 1.82) is 0 Å². The molecule has 0 bridgehead atoms. The molecule has 1 aromatic heterocycles. The lowest BCUT2D eigenvalue weighted by Crippen LogP contribution is -2.28. The minimum atomic E-state index is -3.73. The first-order valence-electron chi connectivity index (χ1n) is 8.21. The molecule has 0 radical (unpaired) electrons. The summed E-state index contributed by atoms with van der Waals surface area (Å²) in [6.07, 6.45) is 0.680. The number of halogens is 1. The van der Waals surface area contributed by atoms with Crippen LogP contribution in [0.15, 0.2) is 64.9 Å². The molecular weight excluding hydrogens is 404 g/mol. The van der Waals surface area contributed by atoms with Gasteiger partial charge in [-0.15, -0.1) is 11.3 Å². The number of sulfonamides is 1. The number of thiophene rings is 1. The van der Waals surface area contributed by atoms with E-state index in [9.17, 15) is 13.2 Å². The Kier molecular flexibility index (Phi) is 4.67. The number of amides is 1. The molecule has 0 unspecified atom stereocenters. The minimum absolute atomic E-state index is 0.0315. The first-order chi connectivity index (χ1) is 12.9. The molecule has 0 fully saturated rings. The Hall–Kier alpha value is -2.35. The summed E-state index contributed by atoms with van der Waals surface area (Å²) in [7, 11) is -3.73. The summed E-state index contributed by atoms with van der Waals surface area (Å²) in [6.45, 7) is 0.580. The van der Waals surface area contributed by atoms with Gasteiger partial charge >= 0.3 is 0 Å². The van der Waals surface area contributed by atoms with E-state index in [1.54, 1.807) is 41.3 Å². The fraction of sp³-hybridized carbons (Fsp3) is 0.105. The van der Waals surface area contributed by atoms with Crippen LogP contribution in [0.5, 0.6) is 0 Å². The Balaban J connectivity index is 1.58. The van der Waals surface area contributed by atoms with Gasteiger partial charge in [-0.2, -0.15) is 0 Å². The average molecular weight is 419 g/mol. The van der Waals surface area contributed by atoms with Crippen LogP contribution in [-0.2, 0) is 16.4 Å². The maximum Gasteiger partial charge on any atom is 0.268 e. The second-order valence-corrected chi connectivity index (χ2v) is 9.16. The number of hydrogen-bond donors (Lipinski definition) is 1. The molecule has 4 rings (SSSR count). The average Bonchev–Trinajstić information content (AvgIpc) is 3.30. The number of anilines is 2. The fourth-order valence-corrected chi connectivity index (χ4v) is 5.08. The largest absolute Gasteiger partial charge is 0.307 e. The normalized spacial score (nSPS) is 13.4. The van der Waals surface area contributed by atoms with Gasteiger partial charge in [-0.25, -0.2) is 8.42 Å². The highest BCUT2D eigenvalue weighted by Crippen LogP contribution is 2.33. The van der Waals surface area contributed by atoms with Gasteiger partial charge in [-0.1, -0.05) is 23.7 Å². The SMILES string of the molecule is O=C(c1cccs1)N1CCc2cc(NS(=O)(=O)c3cccc(Cl)c3)ccc21. The Morgan fingerprint density at radius 1 is 1.11 bits per heavy atom. The molecule has 1 N–H and O–H groups in total. The van der Waals surface area contributed by atoms with Crippen molar-refractivity contribution < 1.29 is 13.2 Å². The molecule has 0 atom stereocenters. The van der Waals surface area contributed by atoms with Crippen LogP contribution in [-0.4, -0.2) is 20.9 Å². The number of carbonyl (C=O) groups is 1. The summed E-state index contributed by atoms with van der Waals surface area (Å²) in [4.78, 5) is 15.1. The lowest BCUT2D eigenvalue weighted by atomic mass is 10.1. The predicted octanol–water partition coefficient (Wildman–Crippen LogP) is 4.41. The molecule has 0 aliphatic carbocycles. The third-order valence-corrected chi connectivity index (χ3v) is 6.78. The van der Waals surface area contributed by atoms with Crippen molar-refractivity contribution in [1.82, 2.24) is 0 Å². The number of nitrogens with zero attached hydrogens (tertiary/aromatic N) is 1. The van der Waals surface area contributed by atoms with E-state index in [1.165, 1.54) is 23.5 Å². The third-order valence-electron chi connectivity index (χ3n) is 4.31. The van der Waals surface area contributed by atoms with E-state index in [-0.39, 0.29) is 10.8 Å². The number of hydrogen-bond acceptors (Lipinski definition) is 4. The fourth-order valence-electron chi connectivity index (χ4n) is 3.06. The van der Waals surface area contributed by atoms with E-state index in [0.29, 0.717) is 28.6 Å². The van der Waals surface area contributed by atoms with Crippen molar-refractivity contribution in [2.24, 2.45) is 0 Å². The first kappa shape index (κ1) is 18.0. The van der Waals surface area contributed by atoms with E-state index in [4.69, 9.17) is 11.6 Å². The zero-order valence-corrected chi connectivity index (χ0v) is 16.4. The molecule has 3 aromatic rings. The van der Waals surface area contributed by atoms with Gasteiger partial charge in [0.05, 0.1) is 9.77 Å². The Bertz CT molecular complexity index is 1110. The molecule has 1 amide bonds. The summed E-state index contributed by atoms with van der Waals surface area (Å²) < 4.78 is 27.7. The molecule has 8 heteroatoms. The maximum absolute atomic E-state index is 12.6. The van der Waals surface area contributed by atoms with Crippen molar-refractivity contribution in [3.63, 3.8) is 0 Å². The van der Waals surface area contributed by atoms with Gasteiger partial charge in [0.25, 0.3) is 15.9 Å². The van der Waals surface area contributed by atoms with Crippen LogP contribution in [0.4, 0.5) is 11.4 Å².